The van der Waals surface area contributed by atoms with Crippen molar-refractivity contribution < 1.29 is 40.5 Å². The van der Waals surface area contributed by atoms with Gasteiger partial charge in [-0.05, 0) is 30.4 Å². The van der Waals surface area contributed by atoms with E-state index in [0.717, 1.165) is 5.56 Å². The van der Waals surface area contributed by atoms with E-state index in [2.05, 4.69) is 44.5 Å². The number of benzene rings is 1. The Bertz CT molecular complexity index is 616. The second-order valence-electron chi connectivity index (χ2n) is 6.82. The third-order valence-corrected chi connectivity index (χ3v) is 4.93. The monoisotopic (exact) mass is 435 g/mol. The lowest BCUT2D eigenvalue weighted by Gasteiger charge is -2.23. The zero-order chi connectivity index (χ0) is 22.7. The fraction of sp³-hybridized carbons (Fsp3) is 0.632. The second kappa shape index (κ2) is 13.9. The van der Waals surface area contributed by atoms with Gasteiger partial charge in [-0.2, -0.15) is 0 Å². The zero-order valence-corrected chi connectivity index (χ0v) is 17.9. The number of hydrogen-bond acceptors (Lipinski definition) is 9. The van der Waals surface area contributed by atoms with Crippen LogP contribution in [-0.2, 0) is 4.79 Å². The minimum atomic E-state index is -2.20. The first-order valence-corrected chi connectivity index (χ1v) is 10.3. The molecule has 1 rings (SSSR count). The van der Waals surface area contributed by atoms with Crippen molar-refractivity contribution in [2.75, 3.05) is 19.4 Å². The highest BCUT2D eigenvalue weighted by molar-refractivity contribution is 7.98. The van der Waals surface area contributed by atoms with Crippen molar-refractivity contribution in [2.24, 2.45) is 0 Å². The van der Waals surface area contributed by atoms with Gasteiger partial charge in [-0.15, -0.1) is 11.8 Å². The van der Waals surface area contributed by atoms with E-state index in [1.54, 1.807) is 11.8 Å². The van der Waals surface area contributed by atoms with Crippen LogP contribution < -0.4 is 5.32 Å². The number of aliphatic hydroxyl groups excluding tert-OH is 6. The first-order valence-electron chi connectivity index (χ1n) is 9.08. The number of aryl methyl sites for hydroxylation is 1. The van der Waals surface area contributed by atoms with Crippen molar-refractivity contribution >= 4 is 17.7 Å². The molecule has 1 aromatic carbocycles. The van der Waals surface area contributed by atoms with Crippen LogP contribution in [0.25, 0.3) is 0 Å². The second-order valence-corrected chi connectivity index (χ2v) is 7.67. The largest absolute Gasteiger partial charge is 0.479 e. The number of hydrogen-bond donors (Lipinski definition) is 8. The predicted molar refractivity (Wildman–Crippen MR) is 110 cm³/mol. The van der Waals surface area contributed by atoms with Crippen LogP contribution in [0.3, 0.4) is 0 Å². The smallest absolute Gasteiger partial charge is 0.335 e. The van der Waals surface area contributed by atoms with Crippen LogP contribution in [0.5, 0.6) is 0 Å². The summed E-state index contributed by atoms with van der Waals surface area (Å²) in [5, 5.41) is 65.0. The molecule has 10 heteroatoms. The Labute approximate surface area is 175 Å². The lowest BCUT2D eigenvalue weighted by molar-refractivity contribution is -0.164. The summed E-state index contributed by atoms with van der Waals surface area (Å²) in [6, 6.07) is 6.55. The van der Waals surface area contributed by atoms with Gasteiger partial charge in [-0.1, -0.05) is 26.0 Å². The summed E-state index contributed by atoms with van der Waals surface area (Å²) in [4.78, 5) is 11.4. The molecule has 168 valence electrons. The molecule has 8 N–H and O–H groups in total. The highest BCUT2D eigenvalue weighted by atomic mass is 32.2. The molecule has 1 aromatic rings. The topological polar surface area (TPSA) is 171 Å². The van der Waals surface area contributed by atoms with Crippen LogP contribution >= 0.6 is 11.8 Å². The molecule has 0 aromatic heterocycles. The standard InChI is InChI=1S/C13H21NOS.C6H12O7/c1-9(2)14-8-12(15)11-5-6-13(16-4)10(3)7-11;7-1-2(8)3(9)4(10)5(11)6(12)13/h5-7,9,12,14-15H,8H2,1-4H3;2-5,7-11H,1H2,(H,12,13)/t;2-,3-,4+,5-/m.1/s1. The van der Waals surface area contributed by atoms with Gasteiger partial charge in [-0.3, -0.25) is 0 Å². The molecule has 1 unspecified atom stereocenters. The zero-order valence-electron chi connectivity index (χ0n) is 17.1. The Balaban J connectivity index is 0.000000555. The summed E-state index contributed by atoms with van der Waals surface area (Å²) in [6.45, 7) is 6.00. The predicted octanol–water partition coefficient (Wildman–Crippen LogP) is -0.745. The van der Waals surface area contributed by atoms with Gasteiger partial charge in [0.1, 0.15) is 18.3 Å². The number of aliphatic hydroxyl groups is 6. The maximum atomic E-state index is 10.1. The van der Waals surface area contributed by atoms with Gasteiger partial charge in [0, 0.05) is 17.5 Å². The average molecular weight is 436 g/mol. The van der Waals surface area contributed by atoms with E-state index in [0.29, 0.717) is 12.6 Å². The van der Waals surface area contributed by atoms with Crippen LogP contribution in [0.15, 0.2) is 23.1 Å². The minimum absolute atomic E-state index is 0.404. The molecular formula is C19H33NO8S. The number of carboxylic acids is 1. The Kier molecular flexibility index (Phi) is 13.3. The van der Waals surface area contributed by atoms with Gasteiger partial charge in [0.25, 0.3) is 0 Å². The Morgan fingerprint density at radius 1 is 1.10 bits per heavy atom. The molecule has 0 radical (unpaired) electrons. The van der Waals surface area contributed by atoms with Crippen molar-refractivity contribution in [3.8, 4) is 0 Å². The minimum Gasteiger partial charge on any atom is -0.479 e. The summed E-state index contributed by atoms with van der Waals surface area (Å²) >= 11 is 1.74. The molecule has 0 saturated heterocycles. The third-order valence-electron chi connectivity index (χ3n) is 4.03. The lowest BCUT2D eigenvalue weighted by Crippen LogP contribution is -2.48. The Hall–Kier alpha value is -1.24. The van der Waals surface area contributed by atoms with E-state index < -0.39 is 43.1 Å². The maximum Gasteiger partial charge on any atom is 0.335 e. The number of thioether (sulfide) groups is 1. The fourth-order valence-electron chi connectivity index (χ4n) is 2.24. The van der Waals surface area contributed by atoms with Gasteiger partial charge < -0.3 is 41.1 Å². The SMILES string of the molecule is CSc1ccc(C(O)CNC(C)C)cc1C.O=C(O)[C@H](O)[C@@H](O)[C@H](O)[C@H](O)CO. The van der Waals surface area contributed by atoms with E-state index in [1.807, 2.05) is 6.07 Å². The van der Waals surface area contributed by atoms with E-state index >= 15 is 0 Å². The molecule has 0 heterocycles. The number of aliphatic carboxylic acids is 1. The molecular weight excluding hydrogens is 402 g/mol. The molecule has 0 aliphatic heterocycles. The first kappa shape index (κ1) is 27.8. The van der Waals surface area contributed by atoms with E-state index in [1.165, 1.54) is 10.5 Å². The van der Waals surface area contributed by atoms with Gasteiger partial charge in [0.2, 0.25) is 0 Å². The fourth-order valence-corrected chi connectivity index (χ4v) is 2.83. The van der Waals surface area contributed by atoms with E-state index in [9.17, 15) is 9.90 Å². The van der Waals surface area contributed by atoms with Gasteiger partial charge in [0.05, 0.1) is 12.7 Å². The quantitative estimate of drug-likeness (QED) is 0.219. The summed E-state index contributed by atoms with van der Waals surface area (Å²) < 4.78 is 0. The van der Waals surface area contributed by atoms with Crippen molar-refractivity contribution in [3.05, 3.63) is 29.3 Å². The molecule has 0 spiro atoms. The molecule has 0 aliphatic rings. The Morgan fingerprint density at radius 2 is 1.69 bits per heavy atom. The Morgan fingerprint density at radius 3 is 2.10 bits per heavy atom. The molecule has 5 atom stereocenters. The highest BCUT2D eigenvalue weighted by Gasteiger charge is 2.33. The average Bonchev–Trinajstić information content (AvgIpc) is 2.69. The van der Waals surface area contributed by atoms with Crippen LogP contribution in [0, 0.1) is 6.92 Å². The lowest BCUT2D eigenvalue weighted by atomic mass is 10.0. The van der Waals surface area contributed by atoms with Crippen molar-refractivity contribution in [1.82, 2.24) is 5.32 Å². The normalized spacial score (nSPS) is 16.4. The molecule has 0 saturated carbocycles. The van der Waals surface area contributed by atoms with Crippen molar-refractivity contribution in [1.29, 1.82) is 0 Å². The van der Waals surface area contributed by atoms with Gasteiger partial charge in [-0.25, -0.2) is 4.79 Å². The molecule has 0 bridgehead atoms. The van der Waals surface area contributed by atoms with E-state index in [4.69, 9.17) is 30.6 Å². The van der Waals surface area contributed by atoms with Crippen LogP contribution in [0.2, 0.25) is 0 Å². The van der Waals surface area contributed by atoms with Crippen LogP contribution in [-0.4, -0.2) is 91.6 Å². The van der Waals surface area contributed by atoms with Gasteiger partial charge in [0.15, 0.2) is 6.10 Å². The number of carboxylic acid groups (broad SMARTS) is 1. The highest BCUT2D eigenvalue weighted by Crippen LogP contribution is 2.23. The van der Waals surface area contributed by atoms with E-state index in [-0.39, 0.29) is 0 Å². The van der Waals surface area contributed by atoms with Crippen molar-refractivity contribution in [3.63, 3.8) is 0 Å². The molecule has 0 aliphatic carbocycles. The number of rotatable bonds is 10. The van der Waals surface area contributed by atoms with Crippen LogP contribution in [0.4, 0.5) is 0 Å². The number of nitrogens with one attached hydrogen (secondary N) is 1. The first-order chi connectivity index (χ1) is 13.5. The third kappa shape index (κ3) is 9.87. The van der Waals surface area contributed by atoms with Crippen molar-refractivity contribution in [2.45, 2.75) is 62.2 Å². The summed E-state index contributed by atoms with van der Waals surface area (Å²) in [5.41, 5.74) is 2.22. The maximum absolute atomic E-state index is 10.1. The summed E-state index contributed by atoms with van der Waals surface area (Å²) in [7, 11) is 0. The molecule has 0 amide bonds. The van der Waals surface area contributed by atoms with Crippen LogP contribution in [0.1, 0.15) is 31.1 Å². The summed E-state index contributed by atoms with van der Waals surface area (Å²) in [5.74, 6) is -1.73. The molecule has 29 heavy (non-hydrogen) atoms. The van der Waals surface area contributed by atoms with Gasteiger partial charge >= 0.3 is 5.97 Å². The number of carbonyl (C=O) groups is 1. The molecule has 9 nitrogen and oxygen atoms in total. The summed E-state index contributed by atoms with van der Waals surface area (Å²) in [6.07, 6.45) is -6.19. The molecule has 0 fully saturated rings.